The normalized spacial score (nSPS) is 9.31. The molecule has 68 valence electrons. The molecule has 1 amide bonds. The van der Waals surface area contributed by atoms with Crippen molar-refractivity contribution in [3.8, 4) is 0 Å². The van der Waals surface area contributed by atoms with Gasteiger partial charge in [0.1, 0.15) is 0 Å². The van der Waals surface area contributed by atoms with Gasteiger partial charge in [-0.2, -0.15) is 0 Å². The van der Waals surface area contributed by atoms with Gasteiger partial charge in [-0.05, 0) is 0 Å². The largest absolute Gasteiger partial charge is 0.476 e. The Balaban J connectivity index is 3.19. The summed E-state index contributed by atoms with van der Waals surface area (Å²) in [6, 6.07) is 0. The topological polar surface area (TPSA) is 92.2 Å². The minimum absolute atomic E-state index is 0.183. The Morgan fingerprint density at radius 1 is 1.31 bits per heavy atom. The first-order chi connectivity index (χ1) is 6.16. The predicted molar refractivity (Wildman–Crippen MR) is 42.4 cm³/mol. The Bertz CT molecular complexity index is 351. The second-order valence-corrected chi connectivity index (χ2v) is 2.14. The van der Waals surface area contributed by atoms with E-state index in [1.54, 1.807) is 0 Å². The van der Waals surface area contributed by atoms with Crippen molar-refractivity contribution < 1.29 is 14.7 Å². The SMILES string of the molecule is CNC(=O)c1nccnc1C(=O)O. The average molecular weight is 181 g/mol. The number of amides is 1. The Kier molecular flexibility index (Phi) is 2.53. The molecule has 0 atom stereocenters. The number of hydrogen-bond acceptors (Lipinski definition) is 4. The third kappa shape index (κ3) is 1.78. The van der Waals surface area contributed by atoms with Crippen molar-refractivity contribution in [2.24, 2.45) is 0 Å². The molecule has 0 bridgehead atoms. The van der Waals surface area contributed by atoms with Crippen molar-refractivity contribution in [2.75, 3.05) is 7.05 Å². The van der Waals surface area contributed by atoms with Crippen LogP contribution >= 0.6 is 0 Å². The lowest BCUT2D eigenvalue weighted by Gasteiger charge is -2.00. The fraction of sp³-hybridized carbons (Fsp3) is 0.143. The molecule has 0 radical (unpaired) electrons. The lowest BCUT2D eigenvalue weighted by atomic mass is 10.3. The summed E-state index contributed by atoms with van der Waals surface area (Å²) in [5.74, 6) is -1.84. The maximum absolute atomic E-state index is 11.1. The van der Waals surface area contributed by atoms with Gasteiger partial charge in [0.2, 0.25) is 0 Å². The van der Waals surface area contributed by atoms with Crippen molar-refractivity contribution in [1.29, 1.82) is 0 Å². The number of nitrogens with zero attached hydrogens (tertiary/aromatic N) is 2. The second kappa shape index (κ2) is 3.61. The van der Waals surface area contributed by atoms with E-state index in [1.165, 1.54) is 19.4 Å². The van der Waals surface area contributed by atoms with E-state index in [0.29, 0.717) is 0 Å². The number of aromatic nitrogens is 2. The molecular weight excluding hydrogens is 174 g/mol. The molecule has 0 saturated heterocycles. The van der Waals surface area contributed by atoms with E-state index < -0.39 is 11.9 Å². The van der Waals surface area contributed by atoms with E-state index in [0.717, 1.165) is 0 Å². The molecule has 0 aromatic carbocycles. The van der Waals surface area contributed by atoms with Crippen molar-refractivity contribution in [2.45, 2.75) is 0 Å². The molecule has 0 aliphatic heterocycles. The third-order valence-corrected chi connectivity index (χ3v) is 1.34. The van der Waals surface area contributed by atoms with Crippen LogP contribution in [0.5, 0.6) is 0 Å². The fourth-order valence-electron chi connectivity index (χ4n) is 0.779. The predicted octanol–water partition coefficient (Wildman–Crippen LogP) is -0.466. The highest BCUT2D eigenvalue weighted by atomic mass is 16.4. The van der Waals surface area contributed by atoms with Gasteiger partial charge in [0.05, 0.1) is 0 Å². The van der Waals surface area contributed by atoms with Crippen LogP contribution in [0, 0.1) is 0 Å². The minimum Gasteiger partial charge on any atom is -0.476 e. The molecule has 1 aromatic rings. The lowest BCUT2D eigenvalue weighted by Crippen LogP contribution is -2.23. The van der Waals surface area contributed by atoms with Crippen LogP contribution in [0.4, 0.5) is 0 Å². The summed E-state index contributed by atoms with van der Waals surface area (Å²) in [4.78, 5) is 28.8. The number of hydrogen-bond donors (Lipinski definition) is 2. The van der Waals surface area contributed by atoms with Crippen LogP contribution in [-0.4, -0.2) is 34.0 Å². The summed E-state index contributed by atoms with van der Waals surface area (Å²) in [5.41, 5.74) is -0.528. The molecule has 1 heterocycles. The molecule has 1 aromatic heterocycles. The molecule has 1 rings (SSSR count). The summed E-state index contributed by atoms with van der Waals surface area (Å²) in [6.07, 6.45) is 2.48. The average Bonchev–Trinajstić information content (AvgIpc) is 2.16. The van der Waals surface area contributed by atoms with Gasteiger partial charge in [-0.15, -0.1) is 0 Å². The Morgan fingerprint density at radius 2 is 1.85 bits per heavy atom. The molecule has 0 aliphatic rings. The zero-order valence-electron chi connectivity index (χ0n) is 6.81. The highest BCUT2D eigenvalue weighted by Crippen LogP contribution is 2.00. The van der Waals surface area contributed by atoms with Crippen LogP contribution in [0.25, 0.3) is 0 Å². The number of rotatable bonds is 2. The van der Waals surface area contributed by atoms with Gasteiger partial charge < -0.3 is 10.4 Å². The maximum atomic E-state index is 11.1. The van der Waals surface area contributed by atoms with Crippen LogP contribution in [0.2, 0.25) is 0 Å². The van der Waals surface area contributed by atoms with Gasteiger partial charge in [0, 0.05) is 19.4 Å². The minimum atomic E-state index is -1.27. The van der Waals surface area contributed by atoms with Crippen LogP contribution in [-0.2, 0) is 0 Å². The van der Waals surface area contributed by atoms with Gasteiger partial charge in [0.25, 0.3) is 5.91 Å². The monoisotopic (exact) mass is 181 g/mol. The summed E-state index contributed by atoms with van der Waals surface area (Å²) < 4.78 is 0. The molecule has 0 unspecified atom stereocenters. The van der Waals surface area contributed by atoms with Crippen LogP contribution < -0.4 is 5.32 Å². The number of carbonyl (C=O) groups is 2. The van der Waals surface area contributed by atoms with Crippen molar-refractivity contribution >= 4 is 11.9 Å². The first kappa shape index (κ1) is 9.11. The standard InChI is InChI=1S/C7H7N3O3/c1-8-6(11)4-5(7(12)13)10-3-2-9-4/h2-3H,1H3,(H,8,11)(H,12,13). The van der Waals surface area contributed by atoms with Gasteiger partial charge in [-0.25, -0.2) is 14.8 Å². The molecular formula is C7H7N3O3. The molecule has 6 nitrogen and oxygen atoms in total. The second-order valence-electron chi connectivity index (χ2n) is 2.14. The van der Waals surface area contributed by atoms with Gasteiger partial charge in [-0.3, -0.25) is 4.79 Å². The van der Waals surface area contributed by atoms with Crippen molar-refractivity contribution in [1.82, 2.24) is 15.3 Å². The molecule has 6 heteroatoms. The first-order valence-electron chi connectivity index (χ1n) is 3.43. The summed E-state index contributed by atoms with van der Waals surface area (Å²) >= 11 is 0. The number of carbonyl (C=O) groups excluding carboxylic acids is 1. The Labute approximate surface area is 73.6 Å². The number of aromatic carboxylic acids is 1. The zero-order chi connectivity index (χ0) is 9.84. The van der Waals surface area contributed by atoms with Crippen molar-refractivity contribution in [3.05, 3.63) is 23.8 Å². The number of nitrogens with one attached hydrogen (secondary N) is 1. The molecule has 0 spiro atoms. The van der Waals surface area contributed by atoms with Gasteiger partial charge in [0.15, 0.2) is 11.4 Å². The summed E-state index contributed by atoms with van der Waals surface area (Å²) in [7, 11) is 1.39. The molecule has 0 aliphatic carbocycles. The van der Waals surface area contributed by atoms with E-state index in [-0.39, 0.29) is 11.4 Å². The van der Waals surface area contributed by atoms with Crippen LogP contribution in [0.15, 0.2) is 12.4 Å². The molecule has 0 fully saturated rings. The highest BCUT2D eigenvalue weighted by Gasteiger charge is 2.17. The molecule has 13 heavy (non-hydrogen) atoms. The molecule has 2 N–H and O–H groups in total. The fourth-order valence-corrected chi connectivity index (χ4v) is 0.779. The first-order valence-corrected chi connectivity index (χ1v) is 3.43. The van der Waals surface area contributed by atoms with E-state index in [1.807, 2.05) is 0 Å². The Morgan fingerprint density at radius 3 is 2.31 bits per heavy atom. The van der Waals surface area contributed by atoms with Crippen LogP contribution in [0.3, 0.4) is 0 Å². The maximum Gasteiger partial charge on any atom is 0.356 e. The van der Waals surface area contributed by atoms with E-state index >= 15 is 0 Å². The Hall–Kier alpha value is -1.98. The smallest absolute Gasteiger partial charge is 0.356 e. The van der Waals surface area contributed by atoms with E-state index in [4.69, 9.17) is 5.11 Å². The quantitative estimate of drug-likeness (QED) is 0.643. The highest BCUT2D eigenvalue weighted by molar-refractivity contribution is 6.01. The van der Waals surface area contributed by atoms with E-state index in [2.05, 4.69) is 15.3 Å². The van der Waals surface area contributed by atoms with E-state index in [9.17, 15) is 9.59 Å². The summed E-state index contributed by atoms with van der Waals surface area (Å²) in [5, 5.41) is 10.9. The number of carboxylic acids is 1. The van der Waals surface area contributed by atoms with Gasteiger partial charge >= 0.3 is 5.97 Å². The van der Waals surface area contributed by atoms with Crippen LogP contribution in [0.1, 0.15) is 21.0 Å². The third-order valence-electron chi connectivity index (χ3n) is 1.34. The number of carboxylic acid groups (broad SMARTS) is 1. The lowest BCUT2D eigenvalue weighted by molar-refractivity contribution is 0.0683. The molecule has 0 saturated carbocycles. The summed E-state index contributed by atoms with van der Waals surface area (Å²) in [6.45, 7) is 0. The zero-order valence-corrected chi connectivity index (χ0v) is 6.81. The van der Waals surface area contributed by atoms with Gasteiger partial charge in [-0.1, -0.05) is 0 Å². The van der Waals surface area contributed by atoms with Crippen molar-refractivity contribution in [3.63, 3.8) is 0 Å².